The second-order valence-corrected chi connectivity index (χ2v) is 9.36. The molecule has 0 N–H and O–H groups in total. The van der Waals surface area contributed by atoms with Crippen LogP contribution in [0.5, 0.6) is 0 Å². The number of hydrogen-bond acceptors (Lipinski definition) is 4. The van der Waals surface area contributed by atoms with Crippen molar-refractivity contribution in [3.05, 3.63) is 40.9 Å². The molecule has 154 valence electrons. The Bertz CT molecular complexity index is 869. The van der Waals surface area contributed by atoms with Gasteiger partial charge in [0, 0.05) is 43.0 Å². The summed E-state index contributed by atoms with van der Waals surface area (Å²) in [5, 5.41) is 2.72. The molecular formula is C23H29N3O2S. The molecule has 1 aromatic heterocycles. The number of hydrogen-bond donors (Lipinski definition) is 0. The molecule has 2 aliphatic rings. The molecule has 0 radical (unpaired) electrons. The molecule has 2 aromatic rings. The Balaban J connectivity index is 1.34. The Morgan fingerprint density at radius 3 is 2.45 bits per heavy atom. The average Bonchev–Trinajstić information content (AvgIpc) is 3.23. The normalized spacial score (nSPS) is 20.7. The summed E-state index contributed by atoms with van der Waals surface area (Å²) in [4.78, 5) is 34.2. The summed E-state index contributed by atoms with van der Waals surface area (Å²) in [5.41, 5.74) is 2.76. The molecule has 2 saturated heterocycles. The van der Waals surface area contributed by atoms with Gasteiger partial charge in [-0.1, -0.05) is 36.8 Å². The molecule has 0 aliphatic carbocycles. The lowest BCUT2D eigenvalue weighted by Gasteiger charge is -2.37. The summed E-state index contributed by atoms with van der Waals surface area (Å²) >= 11 is 1.51. The molecule has 5 nitrogen and oxygen atoms in total. The largest absolute Gasteiger partial charge is 0.342 e. The molecule has 1 unspecified atom stereocenters. The van der Waals surface area contributed by atoms with Crippen molar-refractivity contribution in [2.24, 2.45) is 11.8 Å². The van der Waals surface area contributed by atoms with Crippen LogP contribution in [-0.4, -0.2) is 52.8 Å². The summed E-state index contributed by atoms with van der Waals surface area (Å²) in [5.74, 6) is 0.931. The summed E-state index contributed by atoms with van der Waals surface area (Å²) < 4.78 is 0. The van der Waals surface area contributed by atoms with E-state index in [1.165, 1.54) is 23.3 Å². The number of thiazole rings is 1. The van der Waals surface area contributed by atoms with E-state index >= 15 is 0 Å². The molecule has 0 spiro atoms. The molecule has 4 rings (SSSR count). The van der Waals surface area contributed by atoms with Crippen molar-refractivity contribution >= 4 is 23.2 Å². The number of carbonyl (C=O) groups excluding carboxylic acids is 2. The Morgan fingerprint density at radius 1 is 1.03 bits per heavy atom. The van der Waals surface area contributed by atoms with Gasteiger partial charge in [0.1, 0.15) is 10.7 Å². The number of carbonyl (C=O) groups is 2. The van der Waals surface area contributed by atoms with Gasteiger partial charge in [-0.15, -0.1) is 11.3 Å². The van der Waals surface area contributed by atoms with Crippen molar-refractivity contribution in [1.82, 2.24) is 14.8 Å². The molecule has 6 heteroatoms. The van der Waals surface area contributed by atoms with Crippen molar-refractivity contribution < 1.29 is 9.59 Å². The highest BCUT2D eigenvalue weighted by molar-refractivity contribution is 7.13. The number of benzene rings is 1. The van der Waals surface area contributed by atoms with Crippen LogP contribution in [0.3, 0.4) is 0 Å². The minimum absolute atomic E-state index is 0.0166. The van der Waals surface area contributed by atoms with E-state index in [4.69, 9.17) is 0 Å². The molecule has 2 aliphatic heterocycles. The lowest BCUT2D eigenvalue weighted by Crippen LogP contribution is -2.47. The number of piperidine rings is 2. The Morgan fingerprint density at radius 2 is 1.76 bits per heavy atom. The zero-order valence-electron chi connectivity index (χ0n) is 17.3. The first-order valence-electron chi connectivity index (χ1n) is 10.6. The molecule has 2 amide bonds. The Hall–Kier alpha value is -2.21. The Kier molecular flexibility index (Phi) is 5.99. The van der Waals surface area contributed by atoms with Gasteiger partial charge in [-0.3, -0.25) is 9.59 Å². The van der Waals surface area contributed by atoms with Crippen LogP contribution in [0.2, 0.25) is 0 Å². The van der Waals surface area contributed by atoms with Crippen LogP contribution in [0.15, 0.2) is 29.6 Å². The first-order valence-corrected chi connectivity index (χ1v) is 11.5. The van der Waals surface area contributed by atoms with Gasteiger partial charge >= 0.3 is 0 Å². The van der Waals surface area contributed by atoms with Crippen LogP contribution in [-0.2, 0) is 4.79 Å². The van der Waals surface area contributed by atoms with Crippen LogP contribution in [0.4, 0.5) is 0 Å². The maximum Gasteiger partial charge on any atom is 0.273 e. The Labute approximate surface area is 176 Å². The highest BCUT2D eigenvalue weighted by atomic mass is 32.1. The molecule has 1 atom stereocenters. The topological polar surface area (TPSA) is 53.5 Å². The van der Waals surface area contributed by atoms with Crippen LogP contribution >= 0.6 is 11.3 Å². The number of rotatable bonds is 3. The van der Waals surface area contributed by atoms with Gasteiger partial charge in [-0.2, -0.15) is 0 Å². The van der Waals surface area contributed by atoms with Crippen LogP contribution < -0.4 is 0 Å². The third-order valence-electron chi connectivity index (χ3n) is 6.12. The van der Waals surface area contributed by atoms with Crippen LogP contribution in [0.25, 0.3) is 10.6 Å². The quantitative estimate of drug-likeness (QED) is 0.759. The monoisotopic (exact) mass is 411 g/mol. The molecule has 29 heavy (non-hydrogen) atoms. The van der Waals surface area contributed by atoms with Gasteiger partial charge in [-0.25, -0.2) is 4.98 Å². The predicted octanol–water partition coefficient (Wildman–Crippen LogP) is 4.23. The van der Waals surface area contributed by atoms with E-state index in [1.54, 1.807) is 0 Å². The second kappa shape index (κ2) is 8.66. The number of likely N-dealkylation sites (tertiary alicyclic amines) is 2. The molecule has 3 heterocycles. The molecule has 0 saturated carbocycles. The summed E-state index contributed by atoms with van der Waals surface area (Å²) in [7, 11) is 0. The van der Waals surface area contributed by atoms with Crippen LogP contribution in [0.1, 0.15) is 48.7 Å². The average molecular weight is 412 g/mol. The van der Waals surface area contributed by atoms with Crippen molar-refractivity contribution in [1.29, 1.82) is 0 Å². The fourth-order valence-corrected chi connectivity index (χ4v) is 5.14. The van der Waals surface area contributed by atoms with E-state index in [1.807, 2.05) is 27.3 Å². The number of amides is 2. The summed E-state index contributed by atoms with van der Waals surface area (Å²) in [6.07, 6.45) is 3.83. The molecular weight excluding hydrogens is 382 g/mol. The van der Waals surface area contributed by atoms with Gasteiger partial charge in [0.05, 0.1) is 0 Å². The number of aryl methyl sites for hydroxylation is 1. The predicted molar refractivity (Wildman–Crippen MR) is 116 cm³/mol. The minimum Gasteiger partial charge on any atom is -0.342 e. The standard InChI is InChI=1S/C23H29N3O2S/c1-16-5-7-18(8-6-16)21-24-20(15-29-21)23(28)25-12-9-19(10-13-25)22(27)26-11-3-4-17(2)14-26/h5-8,15,17,19H,3-4,9-14H2,1-2H3. The van der Waals surface area contributed by atoms with Gasteiger partial charge in [0.15, 0.2) is 0 Å². The van der Waals surface area contributed by atoms with E-state index in [9.17, 15) is 9.59 Å². The number of nitrogens with zero attached hydrogens (tertiary/aromatic N) is 3. The first kappa shape index (κ1) is 20.1. The van der Waals surface area contributed by atoms with Crippen molar-refractivity contribution in [3.63, 3.8) is 0 Å². The fraction of sp³-hybridized carbons (Fsp3) is 0.522. The molecule has 1 aromatic carbocycles. The summed E-state index contributed by atoms with van der Waals surface area (Å²) in [6, 6.07) is 8.20. The molecule has 0 bridgehead atoms. The van der Waals surface area contributed by atoms with Gasteiger partial charge in [0.25, 0.3) is 5.91 Å². The maximum absolute atomic E-state index is 12.9. The highest BCUT2D eigenvalue weighted by Gasteiger charge is 2.32. The lowest BCUT2D eigenvalue weighted by atomic mass is 9.92. The number of aromatic nitrogens is 1. The van der Waals surface area contributed by atoms with Gasteiger partial charge in [0.2, 0.25) is 5.91 Å². The zero-order valence-corrected chi connectivity index (χ0v) is 18.1. The first-order chi connectivity index (χ1) is 14.0. The third kappa shape index (κ3) is 4.53. The zero-order chi connectivity index (χ0) is 20.4. The van der Waals surface area contributed by atoms with Crippen molar-refractivity contribution in [2.75, 3.05) is 26.2 Å². The van der Waals surface area contributed by atoms with E-state index in [2.05, 4.69) is 31.0 Å². The highest BCUT2D eigenvalue weighted by Crippen LogP contribution is 2.27. The summed E-state index contributed by atoms with van der Waals surface area (Å²) in [6.45, 7) is 7.33. The van der Waals surface area contributed by atoms with Crippen LogP contribution in [0, 0.1) is 18.8 Å². The minimum atomic E-state index is -0.0166. The third-order valence-corrected chi connectivity index (χ3v) is 7.01. The van der Waals surface area contributed by atoms with Gasteiger partial charge < -0.3 is 9.80 Å². The SMILES string of the molecule is Cc1ccc(-c2nc(C(=O)N3CCC(C(=O)N4CCCC(C)C4)CC3)cs2)cc1. The smallest absolute Gasteiger partial charge is 0.273 e. The maximum atomic E-state index is 12.9. The van der Waals surface area contributed by atoms with E-state index in [0.717, 1.165) is 42.9 Å². The van der Waals surface area contributed by atoms with Crippen molar-refractivity contribution in [3.8, 4) is 10.6 Å². The fourth-order valence-electron chi connectivity index (χ4n) is 4.34. The van der Waals surface area contributed by atoms with E-state index in [0.29, 0.717) is 30.6 Å². The lowest BCUT2D eigenvalue weighted by molar-refractivity contribution is -0.138. The van der Waals surface area contributed by atoms with E-state index < -0.39 is 0 Å². The second-order valence-electron chi connectivity index (χ2n) is 8.50. The van der Waals surface area contributed by atoms with E-state index in [-0.39, 0.29) is 11.8 Å². The molecule has 2 fully saturated rings. The van der Waals surface area contributed by atoms with Gasteiger partial charge in [-0.05, 0) is 38.5 Å². The van der Waals surface area contributed by atoms with Crippen molar-refractivity contribution in [2.45, 2.75) is 39.5 Å².